The van der Waals surface area contributed by atoms with Crippen LogP contribution in [0.5, 0.6) is 0 Å². The van der Waals surface area contributed by atoms with Crippen LogP contribution in [0, 0.1) is 0 Å². The SMILES string of the molecule is CCCc1nc(N)cc(NCCCN2CCCCC2C)n1. The summed E-state index contributed by atoms with van der Waals surface area (Å²) < 4.78 is 0. The summed E-state index contributed by atoms with van der Waals surface area (Å²) in [4.78, 5) is 11.4. The number of hydrogen-bond acceptors (Lipinski definition) is 5. The lowest BCUT2D eigenvalue weighted by Gasteiger charge is -2.33. The maximum absolute atomic E-state index is 5.83. The molecule has 0 bridgehead atoms. The van der Waals surface area contributed by atoms with E-state index in [-0.39, 0.29) is 0 Å². The lowest BCUT2D eigenvalue weighted by molar-refractivity contribution is 0.160. The molecule has 3 N–H and O–H groups in total. The van der Waals surface area contributed by atoms with Gasteiger partial charge in [-0.25, -0.2) is 9.97 Å². The number of nitrogen functional groups attached to an aromatic ring is 1. The average molecular weight is 291 g/mol. The van der Waals surface area contributed by atoms with E-state index in [9.17, 15) is 0 Å². The summed E-state index contributed by atoms with van der Waals surface area (Å²) in [6.07, 6.45) is 7.13. The van der Waals surface area contributed by atoms with Crippen molar-refractivity contribution in [2.75, 3.05) is 30.7 Å². The van der Waals surface area contributed by atoms with E-state index in [2.05, 4.69) is 34.0 Å². The van der Waals surface area contributed by atoms with Crippen LogP contribution in [0.15, 0.2) is 6.07 Å². The zero-order valence-electron chi connectivity index (χ0n) is 13.4. The van der Waals surface area contributed by atoms with Crippen LogP contribution in [0.4, 0.5) is 11.6 Å². The van der Waals surface area contributed by atoms with Crippen molar-refractivity contribution < 1.29 is 0 Å². The molecule has 0 aromatic carbocycles. The summed E-state index contributed by atoms with van der Waals surface area (Å²) in [5.74, 6) is 2.25. The Kier molecular flexibility index (Phi) is 6.23. The van der Waals surface area contributed by atoms with Crippen molar-refractivity contribution in [1.29, 1.82) is 0 Å². The molecule has 1 aromatic heterocycles. The molecule has 2 heterocycles. The fraction of sp³-hybridized carbons (Fsp3) is 0.750. The minimum absolute atomic E-state index is 0.556. The van der Waals surface area contributed by atoms with Crippen LogP contribution in [0.1, 0.15) is 51.8 Å². The molecule has 5 heteroatoms. The molecule has 5 nitrogen and oxygen atoms in total. The molecule has 1 aliphatic heterocycles. The van der Waals surface area contributed by atoms with Crippen molar-refractivity contribution in [2.24, 2.45) is 0 Å². The number of aryl methyl sites for hydroxylation is 1. The van der Waals surface area contributed by atoms with Crippen LogP contribution in [0.3, 0.4) is 0 Å². The highest BCUT2D eigenvalue weighted by atomic mass is 15.2. The van der Waals surface area contributed by atoms with Gasteiger partial charge >= 0.3 is 0 Å². The predicted octanol–water partition coefficient (Wildman–Crippen LogP) is 2.69. The predicted molar refractivity (Wildman–Crippen MR) is 88.4 cm³/mol. The molecule has 0 amide bonds. The second-order valence-electron chi connectivity index (χ2n) is 6.01. The van der Waals surface area contributed by atoms with Gasteiger partial charge in [-0.15, -0.1) is 0 Å². The lowest BCUT2D eigenvalue weighted by Crippen LogP contribution is -2.38. The number of hydrogen-bond donors (Lipinski definition) is 2. The third-order valence-electron chi connectivity index (χ3n) is 4.13. The maximum Gasteiger partial charge on any atom is 0.133 e. The zero-order chi connectivity index (χ0) is 15.1. The van der Waals surface area contributed by atoms with E-state index in [0.29, 0.717) is 5.82 Å². The highest BCUT2D eigenvalue weighted by Gasteiger charge is 2.17. The van der Waals surface area contributed by atoms with Gasteiger partial charge in [-0.3, -0.25) is 0 Å². The molecule has 1 atom stereocenters. The van der Waals surface area contributed by atoms with E-state index in [4.69, 9.17) is 5.73 Å². The molecule has 1 fully saturated rings. The summed E-state index contributed by atoms with van der Waals surface area (Å²) in [5, 5.41) is 3.38. The number of nitrogens with two attached hydrogens (primary N) is 1. The Morgan fingerprint density at radius 3 is 3.00 bits per heavy atom. The Bertz CT molecular complexity index is 435. The first-order valence-corrected chi connectivity index (χ1v) is 8.30. The second-order valence-corrected chi connectivity index (χ2v) is 6.01. The van der Waals surface area contributed by atoms with Crippen molar-refractivity contribution in [3.63, 3.8) is 0 Å². The molecule has 1 saturated heterocycles. The van der Waals surface area contributed by atoms with Crippen LogP contribution in [-0.4, -0.2) is 40.5 Å². The molecule has 1 unspecified atom stereocenters. The van der Waals surface area contributed by atoms with Gasteiger partial charge in [-0.2, -0.15) is 0 Å². The van der Waals surface area contributed by atoms with Gasteiger partial charge in [-0.05, 0) is 39.2 Å². The summed E-state index contributed by atoms with van der Waals surface area (Å²) in [6.45, 7) is 7.82. The normalized spacial score (nSPS) is 19.6. The number of rotatable bonds is 7. The molecule has 0 radical (unpaired) electrons. The molecular weight excluding hydrogens is 262 g/mol. The monoisotopic (exact) mass is 291 g/mol. The van der Waals surface area contributed by atoms with E-state index < -0.39 is 0 Å². The third kappa shape index (κ3) is 5.16. The highest BCUT2D eigenvalue weighted by molar-refractivity contribution is 5.44. The first-order chi connectivity index (χ1) is 10.2. The standard InChI is InChI=1S/C16H29N5/c1-3-7-15-19-14(17)12-16(20-15)18-9-6-11-21-10-5-4-8-13(21)2/h12-13H,3-11H2,1-2H3,(H3,17,18,19,20). The topological polar surface area (TPSA) is 67.1 Å². The van der Waals surface area contributed by atoms with Gasteiger partial charge in [0.25, 0.3) is 0 Å². The van der Waals surface area contributed by atoms with Crippen molar-refractivity contribution in [3.05, 3.63) is 11.9 Å². The van der Waals surface area contributed by atoms with Crippen molar-refractivity contribution in [1.82, 2.24) is 14.9 Å². The average Bonchev–Trinajstić information content (AvgIpc) is 2.45. The molecule has 0 aliphatic carbocycles. The Morgan fingerprint density at radius 1 is 1.38 bits per heavy atom. The number of piperidine rings is 1. The molecule has 2 rings (SSSR count). The number of nitrogens with one attached hydrogen (secondary N) is 1. The largest absolute Gasteiger partial charge is 0.384 e. The Hall–Kier alpha value is -1.36. The van der Waals surface area contributed by atoms with Crippen molar-refractivity contribution in [3.8, 4) is 0 Å². The van der Waals surface area contributed by atoms with Crippen LogP contribution >= 0.6 is 0 Å². The van der Waals surface area contributed by atoms with E-state index in [0.717, 1.165) is 50.0 Å². The second kappa shape index (κ2) is 8.17. The molecule has 1 aliphatic rings. The molecule has 1 aromatic rings. The van der Waals surface area contributed by atoms with Crippen LogP contribution in [-0.2, 0) is 6.42 Å². The quantitative estimate of drug-likeness (QED) is 0.756. The van der Waals surface area contributed by atoms with Gasteiger partial charge < -0.3 is 16.0 Å². The van der Waals surface area contributed by atoms with Gasteiger partial charge in [-0.1, -0.05) is 13.3 Å². The number of nitrogens with zero attached hydrogens (tertiary/aromatic N) is 3. The van der Waals surface area contributed by atoms with Crippen LogP contribution in [0.25, 0.3) is 0 Å². The van der Waals surface area contributed by atoms with Gasteiger partial charge in [0.2, 0.25) is 0 Å². The molecule has 21 heavy (non-hydrogen) atoms. The minimum Gasteiger partial charge on any atom is -0.384 e. The van der Waals surface area contributed by atoms with E-state index >= 15 is 0 Å². The first kappa shape index (κ1) is 16.0. The molecular formula is C16H29N5. The summed E-state index contributed by atoms with van der Waals surface area (Å²) in [6, 6.07) is 2.56. The molecule has 118 valence electrons. The van der Waals surface area contributed by atoms with Crippen molar-refractivity contribution in [2.45, 2.75) is 58.4 Å². The number of aromatic nitrogens is 2. The van der Waals surface area contributed by atoms with Crippen molar-refractivity contribution >= 4 is 11.6 Å². The third-order valence-corrected chi connectivity index (χ3v) is 4.13. The van der Waals surface area contributed by atoms with E-state index in [1.165, 1.54) is 25.8 Å². The summed E-state index contributed by atoms with van der Waals surface area (Å²) >= 11 is 0. The van der Waals surface area contributed by atoms with Crippen LogP contribution < -0.4 is 11.1 Å². The molecule has 0 spiro atoms. The number of anilines is 2. The Labute approximate surface area is 128 Å². The fourth-order valence-electron chi connectivity index (χ4n) is 2.93. The first-order valence-electron chi connectivity index (χ1n) is 8.30. The number of likely N-dealkylation sites (tertiary alicyclic amines) is 1. The van der Waals surface area contributed by atoms with Gasteiger partial charge in [0, 0.05) is 31.6 Å². The minimum atomic E-state index is 0.556. The van der Waals surface area contributed by atoms with E-state index in [1.54, 1.807) is 0 Å². The van der Waals surface area contributed by atoms with E-state index in [1.807, 2.05) is 6.07 Å². The Morgan fingerprint density at radius 2 is 2.24 bits per heavy atom. The van der Waals surface area contributed by atoms with Gasteiger partial charge in [0.05, 0.1) is 0 Å². The van der Waals surface area contributed by atoms with Crippen LogP contribution in [0.2, 0.25) is 0 Å². The zero-order valence-corrected chi connectivity index (χ0v) is 13.4. The summed E-state index contributed by atoms with van der Waals surface area (Å²) in [7, 11) is 0. The Balaban J connectivity index is 1.75. The summed E-state index contributed by atoms with van der Waals surface area (Å²) in [5.41, 5.74) is 5.83. The lowest BCUT2D eigenvalue weighted by atomic mass is 10.0. The molecule has 0 saturated carbocycles. The van der Waals surface area contributed by atoms with Gasteiger partial charge in [0.1, 0.15) is 17.5 Å². The van der Waals surface area contributed by atoms with Gasteiger partial charge in [0.15, 0.2) is 0 Å². The maximum atomic E-state index is 5.83. The fourth-order valence-corrected chi connectivity index (χ4v) is 2.93. The highest BCUT2D eigenvalue weighted by Crippen LogP contribution is 2.16. The smallest absolute Gasteiger partial charge is 0.133 e.